The van der Waals surface area contributed by atoms with Crippen LogP contribution in [-0.2, 0) is 20.8 Å². The van der Waals surface area contributed by atoms with Crippen molar-refractivity contribution in [3.63, 3.8) is 0 Å². The van der Waals surface area contributed by atoms with Crippen LogP contribution >= 0.6 is 0 Å². The molecule has 2 aliphatic rings. The zero-order chi connectivity index (χ0) is 22.3. The van der Waals surface area contributed by atoms with E-state index >= 15 is 0 Å². The smallest absolute Gasteiger partial charge is 0.264 e. The summed E-state index contributed by atoms with van der Waals surface area (Å²) in [7, 11) is -3.42. The molecule has 10 nitrogen and oxygen atoms in total. The summed E-state index contributed by atoms with van der Waals surface area (Å²) in [6, 6.07) is 7.62. The van der Waals surface area contributed by atoms with Crippen LogP contribution in [0, 0.1) is 5.92 Å². The molecule has 0 amide bonds. The van der Waals surface area contributed by atoms with E-state index < -0.39 is 16.3 Å². The third-order valence-electron chi connectivity index (χ3n) is 5.82. The molecule has 1 fully saturated rings. The maximum atomic E-state index is 11.2. The number of pyridine rings is 2. The van der Waals surface area contributed by atoms with Gasteiger partial charge in [-0.15, -0.1) is 0 Å². The first kappa shape index (κ1) is 20.9. The molecule has 0 aromatic carbocycles. The Bertz CT molecular complexity index is 1200. The molecule has 0 saturated carbocycles. The second kappa shape index (κ2) is 8.15. The summed E-state index contributed by atoms with van der Waals surface area (Å²) in [5.41, 5.74) is 3.24. The van der Waals surface area contributed by atoms with Gasteiger partial charge in [0.05, 0.1) is 48.9 Å². The Balaban J connectivity index is 1.25. The van der Waals surface area contributed by atoms with Gasteiger partial charge in [0.15, 0.2) is 6.23 Å². The van der Waals surface area contributed by atoms with Gasteiger partial charge in [0.1, 0.15) is 5.82 Å². The molecule has 3 aromatic rings. The van der Waals surface area contributed by atoms with Gasteiger partial charge in [0.2, 0.25) is 0 Å². The van der Waals surface area contributed by atoms with Crippen LogP contribution in [0.3, 0.4) is 0 Å². The predicted octanol–water partition coefficient (Wildman–Crippen LogP) is 1.48. The Kier molecular flexibility index (Phi) is 5.31. The standard InChI is InChI=1S/C21H24N6O4S/c1-32(29,30)31-14-15-6-8-25(11-15)20-5-4-17(10-23-20)27-12-18-19(24-27)13-26(21(18)28)16-3-2-7-22-9-16/h2-5,7,9-10,12,15,21,28H,6,8,11,13-14H2,1H3/t15-,21?/m0/s1. The summed E-state index contributed by atoms with van der Waals surface area (Å²) < 4.78 is 29.1. The van der Waals surface area contributed by atoms with Crippen molar-refractivity contribution in [3.8, 4) is 5.69 Å². The lowest BCUT2D eigenvalue weighted by Gasteiger charge is -2.22. The summed E-state index contributed by atoms with van der Waals surface area (Å²) in [4.78, 5) is 12.7. The van der Waals surface area contributed by atoms with Crippen molar-refractivity contribution in [1.29, 1.82) is 0 Å². The fraction of sp³-hybridized carbons (Fsp3) is 0.381. The average Bonchev–Trinajstić information content (AvgIpc) is 3.49. The van der Waals surface area contributed by atoms with Crippen LogP contribution < -0.4 is 9.80 Å². The van der Waals surface area contributed by atoms with Gasteiger partial charge < -0.3 is 14.9 Å². The third kappa shape index (κ3) is 4.18. The van der Waals surface area contributed by atoms with E-state index in [0.717, 1.165) is 47.7 Å². The molecule has 11 heteroatoms. The van der Waals surface area contributed by atoms with Gasteiger partial charge in [-0.25, -0.2) is 9.67 Å². The lowest BCUT2D eigenvalue weighted by molar-refractivity contribution is 0.181. The monoisotopic (exact) mass is 456 g/mol. The predicted molar refractivity (Wildman–Crippen MR) is 118 cm³/mol. The molecule has 5 heterocycles. The second-order valence-corrected chi connectivity index (χ2v) is 9.80. The lowest BCUT2D eigenvalue weighted by Crippen LogP contribution is -2.23. The maximum Gasteiger partial charge on any atom is 0.264 e. The van der Waals surface area contributed by atoms with E-state index in [0.29, 0.717) is 13.1 Å². The zero-order valence-corrected chi connectivity index (χ0v) is 18.4. The highest BCUT2D eigenvalue weighted by Gasteiger charge is 2.32. The maximum absolute atomic E-state index is 11.2. The Morgan fingerprint density at radius 3 is 2.78 bits per heavy atom. The lowest BCUT2D eigenvalue weighted by atomic mass is 10.1. The van der Waals surface area contributed by atoms with E-state index in [1.165, 1.54) is 0 Å². The number of nitrogens with zero attached hydrogens (tertiary/aromatic N) is 6. The van der Waals surface area contributed by atoms with E-state index in [9.17, 15) is 13.5 Å². The number of aliphatic hydroxyl groups is 1. The molecule has 1 saturated heterocycles. The van der Waals surface area contributed by atoms with Crippen LogP contribution in [-0.4, -0.2) is 59.2 Å². The molecule has 2 atom stereocenters. The summed E-state index contributed by atoms with van der Waals surface area (Å²) in [6.45, 7) is 2.21. The highest BCUT2D eigenvalue weighted by Crippen LogP contribution is 2.35. The van der Waals surface area contributed by atoms with E-state index in [1.54, 1.807) is 23.3 Å². The molecule has 3 aromatic heterocycles. The van der Waals surface area contributed by atoms with E-state index in [4.69, 9.17) is 4.18 Å². The van der Waals surface area contributed by atoms with Gasteiger partial charge in [-0.2, -0.15) is 13.5 Å². The Hall–Kier alpha value is -3.02. The Morgan fingerprint density at radius 2 is 2.09 bits per heavy atom. The van der Waals surface area contributed by atoms with Crippen molar-refractivity contribution in [2.24, 2.45) is 5.92 Å². The normalized spacial score (nSPS) is 20.7. The number of hydrogen-bond donors (Lipinski definition) is 1. The van der Waals surface area contributed by atoms with Crippen LogP contribution in [0.1, 0.15) is 23.9 Å². The summed E-state index contributed by atoms with van der Waals surface area (Å²) >= 11 is 0. The minimum absolute atomic E-state index is 0.157. The highest BCUT2D eigenvalue weighted by molar-refractivity contribution is 7.85. The first-order valence-electron chi connectivity index (χ1n) is 10.4. The van der Waals surface area contributed by atoms with Crippen molar-refractivity contribution in [2.45, 2.75) is 19.2 Å². The van der Waals surface area contributed by atoms with Crippen LogP contribution in [0.5, 0.6) is 0 Å². The molecule has 168 valence electrons. The van der Waals surface area contributed by atoms with Crippen LogP contribution in [0.15, 0.2) is 49.1 Å². The molecular weight excluding hydrogens is 432 g/mol. The van der Waals surface area contributed by atoms with Crippen molar-refractivity contribution >= 4 is 21.6 Å². The molecule has 32 heavy (non-hydrogen) atoms. The molecule has 0 spiro atoms. The zero-order valence-electron chi connectivity index (χ0n) is 17.6. The van der Waals surface area contributed by atoms with Gasteiger partial charge >= 0.3 is 0 Å². The topological polar surface area (TPSA) is 114 Å². The second-order valence-electron chi connectivity index (χ2n) is 8.15. The molecule has 1 unspecified atom stereocenters. The first-order chi connectivity index (χ1) is 15.4. The third-order valence-corrected chi connectivity index (χ3v) is 6.38. The number of rotatable bonds is 6. The van der Waals surface area contributed by atoms with Crippen LogP contribution in [0.25, 0.3) is 5.69 Å². The van der Waals surface area contributed by atoms with Gasteiger partial charge in [0, 0.05) is 37.0 Å². The summed E-state index contributed by atoms with van der Waals surface area (Å²) in [5.74, 6) is 0.989. The average molecular weight is 457 g/mol. The number of fused-ring (bicyclic) bond motifs is 1. The highest BCUT2D eigenvalue weighted by atomic mass is 32.2. The molecule has 1 N–H and O–H groups in total. The van der Waals surface area contributed by atoms with Crippen LogP contribution in [0.2, 0.25) is 0 Å². The fourth-order valence-corrected chi connectivity index (χ4v) is 4.60. The number of aliphatic hydroxyl groups excluding tert-OH is 1. The number of aromatic nitrogens is 4. The van der Waals surface area contributed by atoms with Crippen molar-refractivity contribution in [2.75, 3.05) is 35.8 Å². The first-order valence-corrected chi connectivity index (χ1v) is 12.2. The Morgan fingerprint density at radius 1 is 1.22 bits per heavy atom. The van der Waals surface area contributed by atoms with Gasteiger partial charge in [0.25, 0.3) is 10.1 Å². The van der Waals surface area contributed by atoms with Gasteiger partial charge in [-0.3, -0.25) is 9.17 Å². The summed E-state index contributed by atoms with van der Waals surface area (Å²) in [6.07, 6.45) is 8.17. The number of anilines is 2. The number of hydrogen-bond acceptors (Lipinski definition) is 9. The molecule has 2 aliphatic heterocycles. The Labute approximate surface area is 186 Å². The molecular formula is C21H24N6O4S. The quantitative estimate of drug-likeness (QED) is 0.551. The van der Waals surface area contributed by atoms with E-state index in [1.807, 2.05) is 35.4 Å². The van der Waals surface area contributed by atoms with Crippen molar-refractivity contribution in [3.05, 3.63) is 60.3 Å². The summed E-state index contributed by atoms with van der Waals surface area (Å²) in [5, 5.41) is 15.4. The fourth-order valence-electron chi connectivity index (χ4n) is 4.16. The van der Waals surface area contributed by atoms with Crippen LogP contribution in [0.4, 0.5) is 11.5 Å². The molecule has 5 rings (SSSR count). The molecule has 0 bridgehead atoms. The molecule has 0 aliphatic carbocycles. The van der Waals surface area contributed by atoms with Gasteiger partial charge in [-0.05, 0) is 30.7 Å². The minimum Gasteiger partial charge on any atom is -0.369 e. The SMILES string of the molecule is CS(=O)(=O)OC[C@H]1CCN(c2ccc(-n3cc4c(n3)CN(c3cccnc3)C4O)cn2)C1. The van der Waals surface area contributed by atoms with Crippen molar-refractivity contribution in [1.82, 2.24) is 19.7 Å². The minimum atomic E-state index is -3.42. The van der Waals surface area contributed by atoms with E-state index in [2.05, 4.69) is 20.0 Å². The van der Waals surface area contributed by atoms with Gasteiger partial charge in [-0.1, -0.05) is 0 Å². The molecule has 0 radical (unpaired) electrons. The van der Waals surface area contributed by atoms with Crippen molar-refractivity contribution < 1.29 is 17.7 Å². The largest absolute Gasteiger partial charge is 0.369 e. The van der Waals surface area contributed by atoms with E-state index in [-0.39, 0.29) is 12.5 Å².